The highest BCUT2D eigenvalue weighted by molar-refractivity contribution is 9.10. The van der Waals surface area contributed by atoms with Gasteiger partial charge in [-0.3, -0.25) is 0 Å². The van der Waals surface area contributed by atoms with Gasteiger partial charge >= 0.3 is 6.09 Å². The molecule has 1 fully saturated rings. The molecule has 5 nitrogen and oxygen atoms in total. The van der Waals surface area contributed by atoms with E-state index in [1.165, 1.54) is 0 Å². The van der Waals surface area contributed by atoms with E-state index < -0.39 is 5.60 Å². The minimum absolute atomic E-state index is 0.0834. The molecule has 1 heterocycles. The maximum Gasteiger partial charge on any atom is 0.410 e. The summed E-state index contributed by atoms with van der Waals surface area (Å²) < 4.78 is 6.34. The van der Waals surface area contributed by atoms with Crippen LogP contribution in [-0.4, -0.2) is 35.7 Å². The zero-order valence-electron chi connectivity index (χ0n) is 13.7. The van der Waals surface area contributed by atoms with Crippen LogP contribution in [0, 0.1) is 11.3 Å². The Balaban J connectivity index is 2.00. The third kappa shape index (κ3) is 4.87. The highest BCUT2D eigenvalue weighted by atomic mass is 79.9. The van der Waals surface area contributed by atoms with Gasteiger partial charge in [0, 0.05) is 17.6 Å². The minimum Gasteiger partial charge on any atom is -0.444 e. The second-order valence-electron chi connectivity index (χ2n) is 6.65. The third-order valence-electron chi connectivity index (χ3n) is 3.64. The van der Waals surface area contributed by atoms with Crippen molar-refractivity contribution in [3.05, 3.63) is 28.2 Å². The lowest BCUT2D eigenvalue weighted by Gasteiger charge is -2.29. The Labute approximate surface area is 145 Å². The second-order valence-corrected chi connectivity index (χ2v) is 7.57. The van der Waals surface area contributed by atoms with Crippen LogP contribution in [0.3, 0.4) is 0 Å². The monoisotopic (exact) mass is 379 g/mol. The molecule has 1 amide bonds. The summed E-state index contributed by atoms with van der Waals surface area (Å²) in [7, 11) is 0. The number of halogens is 1. The largest absolute Gasteiger partial charge is 0.444 e. The fraction of sp³-hybridized carbons (Fsp3) is 0.529. The lowest BCUT2D eigenvalue weighted by atomic mass is 10.1. The number of carbonyl (C=O) groups excluding carboxylic acids is 1. The number of likely N-dealkylation sites (tertiary alicyclic amines) is 1. The zero-order chi connectivity index (χ0) is 17.0. The fourth-order valence-electron chi connectivity index (χ4n) is 2.60. The van der Waals surface area contributed by atoms with Crippen molar-refractivity contribution in [2.75, 3.05) is 18.4 Å². The maximum atomic E-state index is 12.3. The van der Waals surface area contributed by atoms with Gasteiger partial charge in [0.1, 0.15) is 11.7 Å². The van der Waals surface area contributed by atoms with Gasteiger partial charge in [0.05, 0.1) is 17.3 Å². The van der Waals surface area contributed by atoms with Crippen LogP contribution in [0.2, 0.25) is 0 Å². The number of nitrogens with zero attached hydrogens (tertiary/aromatic N) is 2. The number of anilines is 1. The molecule has 6 heteroatoms. The molecule has 1 aromatic rings. The van der Waals surface area contributed by atoms with E-state index in [0.29, 0.717) is 18.7 Å². The van der Waals surface area contributed by atoms with Crippen molar-refractivity contribution >= 4 is 27.7 Å². The Morgan fingerprint density at radius 2 is 2.26 bits per heavy atom. The summed E-state index contributed by atoms with van der Waals surface area (Å²) in [5.74, 6) is 0. The van der Waals surface area contributed by atoms with Gasteiger partial charge in [0.15, 0.2) is 0 Å². The molecule has 1 unspecified atom stereocenters. The van der Waals surface area contributed by atoms with Crippen LogP contribution in [0.25, 0.3) is 0 Å². The SMILES string of the molecule is CC(C)(C)OC(=O)N1CCCC1CNc1ccc(Br)cc1C#N. The fourth-order valence-corrected chi connectivity index (χ4v) is 2.96. The van der Waals surface area contributed by atoms with Gasteiger partial charge in [-0.15, -0.1) is 0 Å². The van der Waals surface area contributed by atoms with Gasteiger partial charge in [0.25, 0.3) is 0 Å². The van der Waals surface area contributed by atoms with Crippen molar-refractivity contribution in [2.45, 2.75) is 45.3 Å². The average molecular weight is 380 g/mol. The van der Waals surface area contributed by atoms with Gasteiger partial charge in [-0.1, -0.05) is 15.9 Å². The molecule has 0 bridgehead atoms. The van der Waals surface area contributed by atoms with Crippen molar-refractivity contribution in [1.29, 1.82) is 5.26 Å². The third-order valence-corrected chi connectivity index (χ3v) is 4.13. The maximum absolute atomic E-state index is 12.3. The lowest BCUT2D eigenvalue weighted by molar-refractivity contribution is 0.0235. The van der Waals surface area contributed by atoms with Crippen LogP contribution in [0.4, 0.5) is 10.5 Å². The van der Waals surface area contributed by atoms with Crippen LogP contribution < -0.4 is 5.32 Å². The predicted octanol–water partition coefficient (Wildman–Crippen LogP) is 4.13. The zero-order valence-corrected chi connectivity index (χ0v) is 15.3. The molecule has 2 rings (SSSR count). The summed E-state index contributed by atoms with van der Waals surface area (Å²) in [5, 5.41) is 12.5. The predicted molar refractivity (Wildman–Crippen MR) is 93.3 cm³/mol. The van der Waals surface area contributed by atoms with Crippen molar-refractivity contribution in [3.63, 3.8) is 0 Å². The number of nitrogens with one attached hydrogen (secondary N) is 1. The van der Waals surface area contributed by atoms with E-state index in [-0.39, 0.29) is 12.1 Å². The smallest absolute Gasteiger partial charge is 0.410 e. The highest BCUT2D eigenvalue weighted by Crippen LogP contribution is 2.24. The van der Waals surface area contributed by atoms with Crippen LogP contribution >= 0.6 is 15.9 Å². The number of hydrogen-bond donors (Lipinski definition) is 1. The quantitative estimate of drug-likeness (QED) is 0.856. The van der Waals surface area contributed by atoms with Crippen LogP contribution in [0.1, 0.15) is 39.2 Å². The molecule has 1 aliphatic heterocycles. The number of benzene rings is 1. The first-order valence-corrected chi connectivity index (χ1v) is 8.52. The minimum atomic E-state index is -0.489. The average Bonchev–Trinajstić information content (AvgIpc) is 2.92. The Hall–Kier alpha value is -1.74. The van der Waals surface area contributed by atoms with E-state index in [4.69, 9.17) is 4.74 Å². The van der Waals surface area contributed by atoms with Gasteiger partial charge in [-0.2, -0.15) is 5.26 Å². The Morgan fingerprint density at radius 1 is 1.52 bits per heavy atom. The molecule has 0 radical (unpaired) electrons. The van der Waals surface area contributed by atoms with Crippen molar-refractivity contribution in [2.24, 2.45) is 0 Å². The Morgan fingerprint density at radius 3 is 2.91 bits per heavy atom. The van der Waals surface area contributed by atoms with E-state index in [1.807, 2.05) is 32.9 Å². The summed E-state index contributed by atoms with van der Waals surface area (Å²) in [6.07, 6.45) is 1.64. The molecule has 0 aliphatic carbocycles. The molecule has 124 valence electrons. The lowest BCUT2D eigenvalue weighted by Crippen LogP contribution is -2.42. The number of ether oxygens (including phenoxy) is 1. The molecule has 23 heavy (non-hydrogen) atoms. The van der Waals surface area contributed by atoms with E-state index in [2.05, 4.69) is 27.3 Å². The normalized spacial score (nSPS) is 17.7. The topological polar surface area (TPSA) is 65.4 Å². The van der Waals surface area contributed by atoms with E-state index >= 15 is 0 Å². The summed E-state index contributed by atoms with van der Waals surface area (Å²) in [4.78, 5) is 14.0. The van der Waals surface area contributed by atoms with Crippen LogP contribution in [-0.2, 0) is 4.74 Å². The molecule has 0 spiro atoms. The standard InChI is InChI=1S/C17H22BrN3O2/c1-17(2,3)23-16(22)21-8-4-5-14(21)11-20-15-7-6-13(18)9-12(15)10-19/h6-7,9,14,20H,4-5,8,11H2,1-3H3. The number of rotatable bonds is 3. The van der Waals surface area contributed by atoms with Gasteiger partial charge in [-0.25, -0.2) is 4.79 Å². The van der Waals surface area contributed by atoms with E-state index in [1.54, 1.807) is 11.0 Å². The van der Waals surface area contributed by atoms with Gasteiger partial charge in [-0.05, 0) is 51.8 Å². The first-order valence-electron chi connectivity index (χ1n) is 7.73. The van der Waals surface area contributed by atoms with Crippen molar-refractivity contribution in [1.82, 2.24) is 4.90 Å². The van der Waals surface area contributed by atoms with E-state index in [9.17, 15) is 10.1 Å². The molecule has 1 saturated heterocycles. The van der Waals surface area contributed by atoms with Gasteiger partial charge < -0.3 is 15.0 Å². The molecule has 1 aromatic carbocycles. The molecule has 1 atom stereocenters. The van der Waals surface area contributed by atoms with E-state index in [0.717, 1.165) is 23.0 Å². The second kappa shape index (κ2) is 7.22. The summed E-state index contributed by atoms with van der Waals surface area (Å²) >= 11 is 3.36. The molecule has 1 N–H and O–H groups in total. The molecule has 1 aliphatic rings. The van der Waals surface area contributed by atoms with Crippen molar-refractivity contribution in [3.8, 4) is 6.07 Å². The number of nitriles is 1. The first kappa shape index (κ1) is 17.6. The molecule has 0 saturated carbocycles. The summed E-state index contributed by atoms with van der Waals surface area (Å²) in [5.41, 5.74) is 0.880. The van der Waals surface area contributed by atoms with Crippen LogP contribution in [0.15, 0.2) is 22.7 Å². The van der Waals surface area contributed by atoms with Gasteiger partial charge in [0.2, 0.25) is 0 Å². The summed E-state index contributed by atoms with van der Waals surface area (Å²) in [6, 6.07) is 7.81. The number of carbonyl (C=O) groups is 1. The molecular weight excluding hydrogens is 358 g/mol. The summed E-state index contributed by atoms with van der Waals surface area (Å²) in [6.45, 7) is 6.93. The molecule has 0 aromatic heterocycles. The van der Waals surface area contributed by atoms with Crippen molar-refractivity contribution < 1.29 is 9.53 Å². The number of amides is 1. The highest BCUT2D eigenvalue weighted by Gasteiger charge is 2.32. The molecular formula is C17H22BrN3O2. The Kier molecular flexibility index (Phi) is 5.53. The van der Waals surface area contributed by atoms with Crippen LogP contribution in [0.5, 0.6) is 0 Å². The first-order chi connectivity index (χ1) is 10.8. The number of hydrogen-bond acceptors (Lipinski definition) is 4. The Bertz CT molecular complexity index is 619.